The first-order chi connectivity index (χ1) is 7.81. The van der Waals surface area contributed by atoms with Crippen LogP contribution in [0.2, 0.25) is 0 Å². The van der Waals surface area contributed by atoms with Gasteiger partial charge in [-0.3, -0.25) is 4.98 Å². The minimum atomic E-state index is 0.637. The molecule has 0 atom stereocenters. The molecule has 2 aromatic rings. The van der Waals surface area contributed by atoms with E-state index in [-0.39, 0.29) is 0 Å². The molecular weight excluding hydrogens is 204 g/mol. The molecule has 84 valence electrons. The standard InChI is InChI=1S/C10H14N6/c1-3-8-5-4-6-11-9(8)7-12-10-13-14-15-16(10)2/h4-6H,3,7H2,1-2H3,(H,12,13,15). The maximum absolute atomic E-state index is 4.34. The van der Waals surface area contributed by atoms with Crippen LogP contribution in [-0.2, 0) is 20.0 Å². The second-order valence-corrected chi connectivity index (χ2v) is 3.44. The minimum Gasteiger partial charge on any atom is -0.347 e. The molecule has 0 fully saturated rings. The van der Waals surface area contributed by atoms with Gasteiger partial charge in [-0.05, 0) is 28.5 Å². The Morgan fingerprint density at radius 3 is 3.00 bits per heavy atom. The van der Waals surface area contributed by atoms with Gasteiger partial charge in [0.25, 0.3) is 0 Å². The summed E-state index contributed by atoms with van der Waals surface area (Å²) >= 11 is 0. The topological polar surface area (TPSA) is 68.5 Å². The van der Waals surface area contributed by atoms with Crippen molar-refractivity contribution in [3.05, 3.63) is 29.6 Å². The number of aromatic nitrogens is 5. The molecule has 0 unspecified atom stereocenters. The van der Waals surface area contributed by atoms with Crippen LogP contribution in [0.15, 0.2) is 18.3 Å². The summed E-state index contributed by atoms with van der Waals surface area (Å²) in [4.78, 5) is 4.34. The Hall–Kier alpha value is -1.98. The van der Waals surface area contributed by atoms with Crippen molar-refractivity contribution in [2.75, 3.05) is 5.32 Å². The first-order valence-corrected chi connectivity index (χ1v) is 5.20. The average molecular weight is 218 g/mol. The lowest BCUT2D eigenvalue weighted by atomic mass is 10.1. The third kappa shape index (κ3) is 2.16. The van der Waals surface area contributed by atoms with Crippen molar-refractivity contribution in [2.24, 2.45) is 7.05 Å². The first-order valence-electron chi connectivity index (χ1n) is 5.20. The molecular formula is C10H14N6. The summed E-state index contributed by atoms with van der Waals surface area (Å²) in [6, 6.07) is 4.03. The van der Waals surface area contributed by atoms with Crippen molar-refractivity contribution in [1.82, 2.24) is 25.2 Å². The number of hydrogen-bond donors (Lipinski definition) is 1. The number of nitrogens with zero attached hydrogens (tertiary/aromatic N) is 5. The summed E-state index contributed by atoms with van der Waals surface area (Å²) in [5.74, 6) is 0.646. The molecule has 0 aliphatic heterocycles. The maximum Gasteiger partial charge on any atom is 0.242 e. The van der Waals surface area contributed by atoms with Gasteiger partial charge in [0, 0.05) is 13.2 Å². The molecule has 2 heterocycles. The lowest BCUT2D eigenvalue weighted by Gasteiger charge is -2.07. The van der Waals surface area contributed by atoms with E-state index in [0.717, 1.165) is 12.1 Å². The quantitative estimate of drug-likeness (QED) is 0.821. The van der Waals surface area contributed by atoms with Gasteiger partial charge in [0.1, 0.15) is 0 Å². The SMILES string of the molecule is CCc1cccnc1CNc1nnnn1C. The Kier molecular flexibility index (Phi) is 3.09. The van der Waals surface area contributed by atoms with Crippen molar-refractivity contribution in [3.8, 4) is 0 Å². The third-order valence-electron chi connectivity index (χ3n) is 2.40. The average Bonchev–Trinajstić information content (AvgIpc) is 2.72. The van der Waals surface area contributed by atoms with E-state index in [1.807, 2.05) is 6.07 Å². The van der Waals surface area contributed by atoms with Crippen LogP contribution in [0.5, 0.6) is 0 Å². The van der Waals surface area contributed by atoms with E-state index in [2.05, 4.69) is 38.8 Å². The van der Waals surface area contributed by atoms with Crippen LogP contribution in [0.1, 0.15) is 18.2 Å². The number of anilines is 1. The van der Waals surface area contributed by atoms with Gasteiger partial charge in [0.2, 0.25) is 5.95 Å². The van der Waals surface area contributed by atoms with Gasteiger partial charge in [-0.2, -0.15) is 0 Å². The molecule has 0 spiro atoms. The Morgan fingerprint density at radius 1 is 1.44 bits per heavy atom. The molecule has 0 radical (unpaired) electrons. The number of rotatable bonds is 4. The monoisotopic (exact) mass is 218 g/mol. The molecule has 2 rings (SSSR count). The van der Waals surface area contributed by atoms with Crippen LogP contribution in [0.4, 0.5) is 5.95 Å². The van der Waals surface area contributed by atoms with Crippen molar-refractivity contribution >= 4 is 5.95 Å². The molecule has 16 heavy (non-hydrogen) atoms. The van der Waals surface area contributed by atoms with E-state index < -0.39 is 0 Å². The van der Waals surface area contributed by atoms with Gasteiger partial charge in [0.05, 0.1) is 12.2 Å². The van der Waals surface area contributed by atoms with E-state index in [0.29, 0.717) is 12.5 Å². The van der Waals surface area contributed by atoms with Crippen molar-refractivity contribution in [1.29, 1.82) is 0 Å². The lowest BCUT2D eigenvalue weighted by molar-refractivity contribution is 0.711. The number of tetrazole rings is 1. The van der Waals surface area contributed by atoms with Crippen LogP contribution >= 0.6 is 0 Å². The Bertz CT molecular complexity index is 464. The zero-order chi connectivity index (χ0) is 11.4. The summed E-state index contributed by atoms with van der Waals surface area (Å²) in [6.45, 7) is 2.75. The minimum absolute atomic E-state index is 0.637. The number of aryl methyl sites for hydroxylation is 2. The molecule has 0 aliphatic carbocycles. The van der Waals surface area contributed by atoms with Crippen LogP contribution in [0.3, 0.4) is 0 Å². The van der Waals surface area contributed by atoms with Crippen LogP contribution in [0.25, 0.3) is 0 Å². The largest absolute Gasteiger partial charge is 0.347 e. The maximum atomic E-state index is 4.34. The summed E-state index contributed by atoms with van der Waals surface area (Å²) < 4.78 is 1.59. The molecule has 0 aromatic carbocycles. The van der Waals surface area contributed by atoms with E-state index in [4.69, 9.17) is 0 Å². The highest BCUT2D eigenvalue weighted by Gasteiger charge is 2.04. The molecule has 6 nitrogen and oxygen atoms in total. The summed E-state index contributed by atoms with van der Waals surface area (Å²) in [7, 11) is 1.79. The van der Waals surface area contributed by atoms with Gasteiger partial charge >= 0.3 is 0 Å². The fourth-order valence-electron chi connectivity index (χ4n) is 1.49. The van der Waals surface area contributed by atoms with E-state index in [1.165, 1.54) is 5.56 Å². The van der Waals surface area contributed by atoms with Crippen LogP contribution in [-0.4, -0.2) is 25.2 Å². The number of pyridine rings is 1. The highest BCUT2D eigenvalue weighted by atomic mass is 15.6. The van der Waals surface area contributed by atoms with E-state index >= 15 is 0 Å². The zero-order valence-corrected chi connectivity index (χ0v) is 9.38. The predicted octanol–water partition coefficient (Wildman–Crippen LogP) is 0.780. The lowest BCUT2D eigenvalue weighted by Crippen LogP contribution is -2.08. The van der Waals surface area contributed by atoms with Gasteiger partial charge in [-0.25, -0.2) is 4.68 Å². The normalized spacial score (nSPS) is 10.4. The smallest absolute Gasteiger partial charge is 0.242 e. The fourth-order valence-corrected chi connectivity index (χ4v) is 1.49. The molecule has 2 aromatic heterocycles. The van der Waals surface area contributed by atoms with Crippen LogP contribution < -0.4 is 5.32 Å². The van der Waals surface area contributed by atoms with Crippen molar-refractivity contribution in [2.45, 2.75) is 19.9 Å². The Labute approximate surface area is 93.7 Å². The van der Waals surface area contributed by atoms with Crippen molar-refractivity contribution in [3.63, 3.8) is 0 Å². The van der Waals surface area contributed by atoms with E-state index in [9.17, 15) is 0 Å². The molecule has 0 saturated heterocycles. The highest BCUT2D eigenvalue weighted by Crippen LogP contribution is 2.08. The second-order valence-electron chi connectivity index (χ2n) is 3.44. The van der Waals surface area contributed by atoms with Gasteiger partial charge in [-0.15, -0.1) is 0 Å². The highest BCUT2D eigenvalue weighted by molar-refractivity contribution is 5.27. The predicted molar refractivity (Wildman–Crippen MR) is 59.7 cm³/mol. The summed E-state index contributed by atoms with van der Waals surface area (Å²) in [6.07, 6.45) is 2.77. The summed E-state index contributed by atoms with van der Waals surface area (Å²) in [5, 5.41) is 14.3. The fraction of sp³-hybridized carbons (Fsp3) is 0.400. The zero-order valence-electron chi connectivity index (χ0n) is 9.38. The Morgan fingerprint density at radius 2 is 2.31 bits per heavy atom. The van der Waals surface area contributed by atoms with E-state index in [1.54, 1.807) is 17.9 Å². The molecule has 0 saturated carbocycles. The third-order valence-corrected chi connectivity index (χ3v) is 2.40. The molecule has 0 bridgehead atoms. The second kappa shape index (κ2) is 4.69. The number of hydrogen-bond acceptors (Lipinski definition) is 5. The molecule has 1 N–H and O–H groups in total. The molecule has 0 aliphatic rings. The molecule has 0 amide bonds. The van der Waals surface area contributed by atoms with Gasteiger partial charge < -0.3 is 5.32 Å². The summed E-state index contributed by atoms with van der Waals surface area (Å²) in [5.41, 5.74) is 2.28. The van der Waals surface area contributed by atoms with Gasteiger partial charge in [0.15, 0.2) is 0 Å². The van der Waals surface area contributed by atoms with Crippen LogP contribution in [0, 0.1) is 0 Å². The molecule has 6 heteroatoms. The van der Waals surface area contributed by atoms with Crippen molar-refractivity contribution < 1.29 is 0 Å². The Balaban J connectivity index is 2.07. The van der Waals surface area contributed by atoms with Gasteiger partial charge in [-0.1, -0.05) is 18.1 Å². The first kappa shape index (κ1) is 10.5. The number of nitrogens with one attached hydrogen (secondary N) is 1.